The first-order chi connectivity index (χ1) is 9.81. The van der Waals surface area contributed by atoms with Crippen molar-refractivity contribution in [2.24, 2.45) is 0 Å². The zero-order valence-corrected chi connectivity index (χ0v) is 11.3. The Morgan fingerprint density at radius 3 is 3.05 bits per heavy atom. The lowest BCUT2D eigenvalue weighted by atomic mass is 10.3. The predicted molar refractivity (Wildman–Crippen MR) is 75.8 cm³/mol. The number of aromatic nitrogens is 5. The molecule has 0 bridgehead atoms. The van der Waals surface area contributed by atoms with Gasteiger partial charge in [0.1, 0.15) is 5.52 Å². The quantitative estimate of drug-likeness (QED) is 0.709. The van der Waals surface area contributed by atoms with Crippen molar-refractivity contribution in [3.8, 4) is 0 Å². The molecule has 1 atom stereocenters. The van der Waals surface area contributed by atoms with Gasteiger partial charge in [-0.1, -0.05) is 0 Å². The molecule has 6 heteroatoms. The average molecular weight is 268 g/mol. The minimum Gasteiger partial charge on any atom is -0.353 e. The fourth-order valence-corrected chi connectivity index (χ4v) is 2.92. The smallest absolute Gasteiger partial charge is 0.154 e. The zero-order valence-electron chi connectivity index (χ0n) is 11.3. The number of fused-ring (bicyclic) bond motifs is 1. The molecule has 0 N–H and O–H groups in total. The topological polar surface area (TPSA) is 51.2 Å². The normalized spacial score (nSPS) is 19.1. The second kappa shape index (κ2) is 4.33. The molecule has 1 aliphatic rings. The molecule has 102 valence electrons. The van der Waals surface area contributed by atoms with E-state index in [1.807, 2.05) is 47.0 Å². The van der Waals surface area contributed by atoms with Crippen LogP contribution in [0, 0.1) is 6.92 Å². The van der Waals surface area contributed by atoms with Crippen LogP contribution >= 0.6 is 0 Å². The van der Waals surface area contributed by atoms with Crippen molar-refractivity contribution >= 4 is 11.3 Å². The van der Waals surface area contributed by atoms with Crippen molar-refractivity contribution in [1.82, 2.24) is 24.4 Å². The average Bonchev–Trinajstić information content (AvgIpc) is 3.17. The molecule has 20 heavy (non-hydrogen) atoms. The van der Waals surface area contributed by atoms with Crippen LogP contribution in [0.1, 0.15) is 18.2 Å². The SMILES string of the molecule is Cc1cc2c(N3CCC(n4cccn4)C3)nccn2n1. The van der Waals surface area contributed by atoms with Crippen molar-refractivity contribution in [1.29, 1.82) is 0 Å². The Balaban J connectivity index is 1.67. The maximum atomic E-state index is 4.55. The molecule has 3 aromatic rings. The number of nitrogens with zero attached hydrogens (tertiary/aromatic N) is 6. The van der Waals surface area contributed by atoms with Gasteiger partial charge in [0.15, 0.2) is 5.82 Å². The summed E-state index contributed by atoms with van der Waals surface area (Å²) in [5, 5.41) is 8.79. The standard InChI is InChI=1S/C14H16N6/c1-11-9-13-14(15-5-8-20(13)17-11)18-7-3-12(10-18)19-6-2-4-16-19/h2,4-6,8-9,12H,3,7,10H2,1H3. The van der Waals surface area contributed by atoms with Crippen LogP contribution in [-0.4, -0.2) is 37.5 Å². The maximum Gasteiger partial charge on any atom is 0.154 e. The third-order valence-electron chi connectivity index (χ3n) is 3.85. The number of aryl methyl sites for hydroxylation is 1. The summed E-state index contributed by atoms with van der Waals surface area (Å²) in [5.41, 5.74) is 2.09. The summed E-state index contributed by atoms with van der Waals surface area (Å²) in [6, 6.07) is 4.49. The Kier molecular flexibility index (Phi) is 2.48. The van der Waals surface area contributed by atoms with Crippen LogP contribution in [0.3, 0.4) is 0 Å². The first-order valence-electron chi connectivity index (χ1n) is 6.86. The Hall–Kier alpha value is -2.37. The van der Waals surface area contributed by atoms with Crippen molar-refractivity contribution < 1.29 is 0 Å². The van der Waals surface area contributed by atoms with Gasteiger partial charge in [0.05, 0.1) is 11.7 Å². The van der Waals surface area contributed by atoms with Gasteiger partial charge < -0.3 is 4.90 Å². The van der Waals surface area contributed by atoms with Gasteiger partial charge >= 0.3 is 0 Å². The highest BCUT2D eigenvalue weighted by Crippen LogP contribution is 2.28. The molecule has 0 aromatic carbocycles. The summed E-state index contributed by atoms with van der Waals surface area (Å²) in [5.74, 6) is 1.02. The lowest BCUT2D eigenvalue weighted by Crippen LogP contribution is -2.22. The molecule has 1 fully saturated rings. The third kappa shape index (κ3) is 1.76. The van der Waals surface area contributed by atoms with Crippen LogP contribution in [0.2, 0.25) is 0 Å². The Morgan fingerprint density at radius 1 is 1.25 bits per heavy atom. The second-order valence-corrected chi connectivity index (χ2v) is 5.24. The molecule has 6 nitrogen and oxygen atoms in total. The highest BCUT2D eigenvalue weighted by atomic mass is 15.3. The molecule has 4 rings (SSSR count). The summed E-state index contributed by atoms with van der Waals surface area (Å²) in [7, 11) is 0. The van der Waals surface area contributed by atoms with E-state index in [4.69, 9.17) is 0 Å². The van der Waals surface area contributed by atoms with Gasteiger partial charge in [0.25, 0.3) is 0 Å². The monoisotopic (exact) mass is 268 g/mol. The number of hydrogen-bond acceptors (Lipinski definition) is 4. The summed E-state index contributed by atoms with van der Waals surface area (Å²) in [6.45, 7) is 3.95. The van der Waals surface area contributed by atoms with Crippen molar-refractivity contribution in [2.75, 3.05) is 18.0 Å². The van der Waals surface area contributed by atoms with Gasteiger partial charge in [0.2, 0.25) is 0 Å². The van der Waals surface area contributed by atoms with Gasteiger partial charge in [-0.2, -0.15) is 10.2 Å². The number of rotatable bonds is 2. The Labute approximate surface area is 116 Å². The fraction of sp³-hybridized carbons (Fsp3) is 0.357. The summed E-state index contributed by atoms with van der Waals surface area (Å²) < 4.78 is 3.95. The molecule has 0 spiro atoms. The van der Waals surface area contributed by atoms with Crippen molar-refractivity contribution in [2.45, 2.75) is 19.4 Å². The Morgan fingerprint density at radius 2 is 2.20 bits per heavy atom. The summed E-state index contributed by atoms with van der Waals surface area (Å²) >= 11 is 0. The van der Waals surface area contributed by atoms with Gasteiger partial charge in [0, 0.05) is 37.9 Å². The minimum atomic E-state index is 0.427. The van der Waals surface area contributed by atoms with Crippen LogP contribution in [-0.2, 0) is 0 Å². The molecule has 0 amide bonds. The van der Waals surface area contributed by atoms with E-state index < -0.39 is 0 Å². The largest absolute Gasteiger partial charge is 0.353 e. The summed E-state index contributed by atoms with van der Waals surface area (Å²) in [4.78, 5) is 6.88. The molecule has 4 heterocycles. The van der Waals surface area contributed by atoms with E-state index in [1.165, 1.54) is 0 Å². The van der Waals surface area contributed by atoms with Crippen LogP contribution in [0.5, 0.6) is 0 Å². The van der Waals surface area contributed by atoms with E-state index in [1.54, 1.807) is 0 Å². The van der Waals surface area contributed by atoms with Crippen LogP contribution in [0.15, 0.2) is 36.9 Å². The first kappa shape index (κ1) is 11.5. The maximum absolute atomic E-state index is 4.55. The molecule has 0 radical (unpaired) electrons. The van der Waals surface area contributed by atoms with Gasteiger partial charge in [-0.05, 0) is 25.5 Å². The first-order valence-corrected chi connectivity index (χ1v) is 6.86. The molecule has 3 aromatic heterocycles. The molecular formula is C14H16N6. The highest BCUT2D eigenvalue weighted by molar-refractivity contribution is 5.69. The van der Waals surface area contributed by atoms with E-state index in [9.17, 15) is 0 Å². The fourth-order valence-electron chi connectivity index (χ4n) is 2.92. The highest BCUT2D eigenvalue weighted by Gasteiger charge is 2.26. The van der Waals surface area contributed by atoms with Crippen LogP contribution in [0.4, 0.5) is 5.82 Å². The van der Waals surface area contributed by atoms with E-state index in [2.05, 4.69) is 26.1 Å². The number of anilines is 1. The molecule has 1 aliphatic heterocycles. The van der Waals surface area contributed by atoms with Gasteiger partial charge in [-0.25, -0.2) is 9.50 Å². The number of hydrogen-bond donors (Lipinski definition) is 0. The van der Waals surface area contributed by atoms with Crippen molar-refractivity contribution in [3.63, 3.8) is 0 Å². The lowest BCUT2D eigenvalue weighted by Gasteiger charge is -2.18. The second-order valence-electron chi connectivity index (χ2n) is 5.24. The van der Waals surface area contributed by atoms with E-state index in [0.29, 0.717) is 6.04 Å². The minimum absolute atomic E-state index is 0.427. The molecule has 0 saturated carbocycles. The predicted octanol–water partition coefficient (Wildman–Crippen LogP) is 1.69. The van der Waals surface area contributed by atoms with E-state index in [-0.39, 0.29) is 0 Å². The Bertz CT molecular complexity index is 729. The van der Waals surface area contributed by atoms with E-state index >= 15 is 0 Å². The molecule has 1 saturated heterocycles. The summed E-state index contributed by atoms with van der Waals surface area (Å²) in [6.07, 6.45) is 8.67. The molecule has 1 unspecified atom stereocenters. The zero-order chi connectivity index (χ0) is 13.5. The lowest BCUT2D eigenvalue weighted by molar-refractivity contribution is 0.494. The van der Waals surface area contributed by atoms with Crippen molar-refractivity contribution in [3.05, 3.63) is 42.6 Å². The van der Waals surface area contributed by atoms with Crippen LogP contribution in [0.25, 0.3) is 5.52 Å². The third-order valence-corrected chi connectivity index (χ3v) is 3.85. The van der Waals surface area contributed by atoms with E-state index in [0.717, 1.165) is 36.5 Å². The van der Waals surface area contributed by atoms with Gasteiger partial charge in [-0.15, -0.1) is 0 Å². The molecule has 0 aliphatic carbocycles. The molecular weight excluding hydrogens is 252 g/mol. The van der Waals surface area contributed by atoms with Gasteiger partial charge in [-0.3, -0.25) is 4.68 Å². The van der Waals surface area contributed by atoms with Crippen LogP contribution < -0.4 is 4.90 Å².